The topological polar surface area (TPSA) is 67.5 Å². The van der Waals surface area contributed by atoms with Gasteiger partial charge in [0, 0.05) is 32.4 Å². The Labute approximate surface area is 133 Å². The van der Waals surface area contributed by atoms with Crippen molar-refractivity contribution >= 4 is 22.7 Å². The van der Waals surface area contributed by atoms with E-state index in [9.17, 15) is 0 Å². The predicted molar refractivity (Wildman–Crippen MR) is 87.0 cm³/mol. The van der Waals surface area contributed by atoms with E-state index in [2.05, 4.69) is 24.8 Å². The first-order valence-corrected chi connectivity index (χ1v) is 7.53. The molecule has 1 aliphatic rings. The Morgan fingerprint density at radius 3 is 2.48 bits per heavy atom. The molecule has 4 heterocycles. The Kier molecular flexibility index (Phi) is 3.45. The van der Waals surface area contributed by atoms with Crippen molar-refractivity contribution in [3.63, 3.8) is 0 Å². The highest BCUT2D eigenvalue weighted by Gasteiger charge is 2.21. The number of fused-ring (bicyclic) bond motifs is 1. The summed E-state index contributed by atoms with van der Waals surface area (Å²) in [4.78, 5) is 17.7. The van der Waals surface area contributed by atoms with Crippen LogP contribution >= 0.6 is 0 Å². The Hall–Kier alpha value is -2.83. The quantitative estimate of drug-likeness (QED) is 0.732. The Morgan fingerprint density at radius 2 is 1.74 bits per heavy atom. The van der Waals surface area contributed by atoms with Gasteiger partial charge in [0.1, 0.15) is 11.4 Å². The highest BCUT2D eigenvalue weighted by atomic mass is 16.5. The molecule has 1 fully saturated rings. The molecule has 118 valence electrons. The van der Waals surface area contributed by atoms with Crippen LogP contribution in [-0.2, 0) is 0 Å². The van der Waals surface area contributed by atoms with Gasteiger partial charge in [0.05, 0.1) is 31.2 Å². The lowest BCUT2D eigenvalue weighted by Gasteiger charge is -2.35. The number of hydrogen-bond donors (Lipinski definition) is 0. The van der Waals surface area contributed by atoms with Crippen molar-refractivity contribution in [2.75, 3.05) is 43.1 Å². The van der Waals surface area contributed by atoms with Crippen LogP contribution in [0.15, 0.2) is 41.4 Å². The highest BCUT2D eigenvalue weighted by Crippen LogP contribution is 2.26. The van der Waals surface area contributed by atoms with E-state index in [1.54, 1.807) is 32.0 Å². The predicted octanol–water partition coefficient (Wildman–Crippen LogP) is 1.95. The normalized spacial score (nSPS) is 15.2. The maximum Gasteiger partial charge on any atom is 0.225 e. The van der Waals surface area contributed by atoms with E-state index in [1.807, 2.05) is 12.1 Å². The Bertz CT molecular complexity index is 794. The SMILES string of the molecule is COc1cnc(N2CCN(c3nccc4occc34)CC2)nc1. The van der Waals surface area contributed by atoms with E-state index < -0.39 is 0 Å². The number of rotatable bonds is 3. The van der Waals surface area contributed by atoms with E-state index in [-0.39, 0.29) is 0 Å². The molecule has 1 aliphatic heterocycles. The second-order valence-electron chi connectivity index (χ2n) is 5.36. The zero-order chi connectivity index (χ0) is 15.6. The largest absolute Gasteiger partial charge is 0.494 e. The minimum absolute atomic E-state index is 0.670. The van der Waals surface area contributed by atoms with Crippen LogP contribution in [0.2, 0.25) is 0 Å². The van der Waals surface area contributed by atoms with Crippen LogP contribution < -0.4 is 14.5 Å². The molecule has 0 saturated carbocycles. The molecule has 1 saturated heterocycles. The van der Waals surface area contributed by atoms with Crippen LogP contribution in [0.25, 0.3) is 11.0 Å². The number of nitrogens with zero attached hydrogens (tertiary/aromatic N) is 5. The number of furan rings is 1. The number of piperazine rings is 1. The first-order valence-electron chi connectivity index (χ1n) is 7.53. The molecule has 0 aromatic carbocycles. The molecule has 3 aromatic rings. The van der Waals surface area contributed by atoms with Gasteiger partial charge < -0.3 is 19.0 Å². The molecule has 7 nitrogen and oxygen atoms in total. The van der Waals surface area contributed by atoms with Crippen LogP contribution in [0.3, 0.4) is 0 Å². The van der Waals surface area contributed by atoms with Gasteiger partial charge in [-0.2, -0.15) is 0 Å². The van der Waals surface area contributed by atoms with Crippen LogP contribution in [0.5, 0.6) is 5.75 Å². The van der Waals surface area contributed by atoms with E-state index in [4.69, 9.17) is 9.15 Å². The van der Waals surface area contributed by atoms with Crippen molar-refractivity contribution in [3.05, 3.63) is 37.0 Å². The van der Waals surface area contributed by atoms with Gasteiger partial charge in [-0.25, -0.2) is 15.0 Å². The molecule has 0 aliphatic carbocycles. The summed E-state index contributed by atoms with van der Waals surface area (Å²) in [6.45, 7) is 3.43. The molecule has 0 spiro atoms. The number of anilines is 2. The van der Waals surface area contributed by atoms with Gasteiger partial charge >= 0.3 is 0 Å². The third-order valence-electron chi connectivity index (χ3n) is 4.07. The number of methoxy groups -OCH3 is 1. The maximum atomic E-state index is 5.45. The first kappa shape index (κ1) is 13.8. The van der Waals surface area contributed by atoms with Crippen molar-refractivity contribution in [3.8, 4) is 5.75 Å². The third kappa shape index (κ3) is 2.54. The van der Waals surface area contributed by atoms with E-state index in [0.717, 1.165) is 48.9 Å². The molecular formula is C16H17N5O2. The molecule has 0 N–H and O–H groups in total. The fourth-order valence-electron chi connectivity index (χ4n) is 2.83. The maximum absolute atomic E-state index is 5.45. The van der Waals surface area contributed by atoms with Gasteiger partial charge in [0.25, 0.3) is 0 Å². The second-order valence-corrected chi connectivity index (χ2v) is 5.36. The zero-order valence-electron chi connectivity index (χ0n) is 12.8. The van der Waals surface area contributed by atoms with Crippen molar-refractivity contribution in [2.24, 2.45) is 0 Å². The molecule has 0 atom stereocenters. The van der Waals surface area contributed by atoms with Gasteiger partial charge in [0.2, 0.25) is 5.95 Å². The van der Waals surface area contributed by atoms with Gasteiger partial charge in [0.15, 0.2) is 5.75 Å². The molecule has 0 radical (unpaired) electrons. The molecular weight excluding hydrogens is 294 g/mol. The standard InChI is InChI=1S/C16H17N5O2/c1-22-12-10-18-16(19-11-12)21-7-5-20(6-8-21)15-13-3-9-23-14(13)2-4-17-15/h2-4,9-11H,5-8H2,1H3. The summed E-state index contributed by atoms with van der Waals surface area (Å²) in [6, 6.07) is 3.86. The zero-order valence-corrected chi connectivity index (χ0v) is 12.8. The van der Waals surface area contributed by atoms with Crippen molar-refractivity contribution in [2.45, 2.75) is 0 Å². The lowest BCUT2D eigenvalue weighted by atomic mass is 10.2. The van der Waals surface area contributed by atoms with Crippen molar-refractivity contribution < 1.29 is 9.15 Å². The summed E-state index contributed by atoms with van der Waals surface area (Å²) >= 11 is 0. The lowest BCUT2D eigenvalue weighted by molar-refractivity contribution is 0.410. The second kappa shape index (κ2) is 5.75. The van der Waals surface area contributed by atoms with Crippen LogP contribution in [0.4, 0.5) is 11.8 Å². The Morgan fingerprint density at radius 1 is 1.00 bits per heavy atom. The number of ether oxygens (including phenoxy) is 1. The number of aromatic nitrogens is 3. The summed E-state index contributed by atoms with van der Waals surface area (Å²) in [7, 11) is 1.61. The number of hydrogen-bond acceptors (Lipinski definition) is 7. The average Bonchev–Trinajstić information content (AvgIpc) is 3.11. The minimum atomic E-state index is 0.670. The van der Waals surface area contributed by atoms with Gasteiger partial charge in [-0.1, -0.05) is 0 Å². The Balaban J connectivity index is 1.49. The third-order valence-corrected chi connectivity index (χ3v) is 4.07. The molecule has 7 heteroatoms. The molecule has 0 unspecified atom stereocenters. The van der Waals surface area contributed by atoms with Crippen LogP contribution in [0.1, 0.15) is 0 Å². The van der Waals surface area contributed by atoms with E-state index in [0.29, 0.717) is 5.75 Å². The van der Waals surface area contributed by atoms with Gasteiger partial charge in [-0.15, -0.1) is 0 Å². The molecule has 3 aromatic heterocycles. The van der Waals surface area contributed by atoms with Crippen molar-refractivity contribution in [1.82, 2.24) is 15.0 Å². The average molecular weight is 311 g/mol. The van der Waals surface area contributed by atoms with Gasteiger partial charge in [-0.3, -0.25) is 0 Å². The van der Waals surface area contributed by atoms with E-state index in [1.165, 1.54) is 0 Å². The number of pyridine rings is 1. The van der Waals surface area contributed by atoms with Crippen LogP contribution in [-0.4, -0.2) is 48.2 Å². The smallest absolute Gasteiger partial charge is 0.225 e. The lowest BCUT2D eigenvalue weighted by Crippen LogP contribution is -2.47. The molecule has 0 bridgehead atoms. The minimum Gasteiger partial charge on any atom is -0.494 e. The monoisotopic (exact) mass is 311 g/mol. The highest BCUT2D eigenvalue weighted by molar-refractivity contribution is 5.88. The molecule has 23 heavy (non-hydrogen) atoms. The summed E-state index contributed by atoms with van der Waals surface area (Å²) in [5, 5.41) is 1.06. The fourth-order valence-corrected chi connectivity index (χ4v) is 2.83. The van der Waals surface area contributed by atoms with Gasteiger partial charge in [-0.05, 0) is 12.1 Å². The van der Waals surface area contributed by atoms with Crippen molar-refractivity contribution in [1.29, 1.82) is 0 Å². The summed E-state index contributed by atoms with van der Waals surface area (Å²) in [6.07, 6.45) is 6.89. The van der Waals surface area contributed by atoms with Crippen LogP contribution in [0, 0.1) is 0 Å². The summed E-state index contributed by atoms with van der Waals surface area (Å²) < 4.78 is 10.5. The fraction of sp³-hybridized carbons (Fsp3) is 0.312. The summed E-state index contributed by atoms with van der Waals surface area (Å²) in [5.41, 5.74) is 0.871. The van der Waals surface area contributed by atoms with E-state index >= 15 is 0 Å². The molecule has 0 amide bonds. The molecule has 4 rings (SSSR count). The summed E-state index contributed by atoms with van der Waals surface area (Å²) in [5.74, 6) is 2.38. The first-order chi connectivity index (χ1) is 11.3.